The van der Waals surface area contributed by atoms with Crippen LogP contribution in [0.1, 0.15) is 22.5 Å². The first-order valence-corrected chi connectivity index (χ1v) is 9.28. The van der Waals surface area contributed by atoms with Crippen molar-refractivity contribution in [2.24, 2.45) is 7.05 Å². The van der Waals surface area contributed by atoms with Gasteiger partial charge in [-0.1, -0.05) is 24.3 Å². The molecule has 24 heavy (non-hydrogen) atoms. The molecule has 126 valence electrons. The molecule has 1 aromatic carbocycles. The first kappa shape index (κ1) is 16.4. The SMILES string of the molecule is Cc1ccccc1CS(=O)(=O)Nc1cc2c(C)nn(C)c2nc1C. The molecule has 0 aliphatic carbocycles. The van der Waals surface area contributed by atoms with Gasteiger partial charge < -0.3 is 0 Å². The molecule has 3 rings (SSSR count). The maximum atomic E-state index is 12.5. The van der Waals surface area contributed by atoms with Gasteiger partial charge in [0.15, 0.2) is 5.65 Å². The van der Waals surface area contributed by atoms with Gasteiger partial charge in [-0.3, -0.25) is 9.40 Å². The topological polar surface area (TPSA) is 76.9 Å². The van der Waals surface area contributed by atoms with Gasteiger partial charge in [0.2, 0.25) is 10.0 Å². The highest BCUT2D eigenvalue weighted by atomic mass is 32.2. The summed E-state index contributed by atoms with van der Waals surface area (Å²) < 4.78 is 29.4. The second kappa shape index (κ2) is 5.90. The summed E-state index contributed by atoms with van der Waals surface area (Å²) >= 11 is 0. The molecule has 0 unspecified atom stereocenters. The molecule has 0 radical (unpaired) electrons. The summed E-state index contributed by atoms with van der Waals surface area (Å²) in [5.74, 6) is -0.0663. The number of hydrogen-bond acceptors (Lipinski definition) is 4. The van der Waals surface area contributed by atoms with Crippen LogP contribution < -0.4 is 4.72 Å². The van der Waals surface area contributed by atoms with E-state index in [1.54, 1.807) is 17.7 Å². The van der Waals surface area contributed by atoms with Gasteiger partial charge in [-0.05, 0) is 38.0 Å². The number of fused-ring (bicyclic) bond motifs is 1. The van der Waals surface area contributed by atoms with Gasteiger partial charge in [-0.2, -0.15) is 5.10 Å². The minimum Gasteiger partial charge on any atom is -0.281 e. The van der Waals surface area contributed by atoms with Crippen molar-refractivity contribution in [1.29, 1.82) is 0 Å². The summed E-state index contributed by atoms with van der Waals surface area (Å²) in [4.78, 5) is 4.48. The van der Waals surface area contributed by atoms with Crippen LogP contribution in [0, 0.1) is 20.8 Å². The van der Waals surface area contributed by atoms with E-state index in [0.29, 0.717) is 11.4 Å². The summed E-state index contributed by atoms with van der Waals surface area (Å²) in [5.41, 5.74) is 4.42. The summed E-state index contributed by atoms with van der Waals surface area (Å²) in [7, 11) is -1.70. The number of hydrogen-bond donors (Lipinski definition) is 1. The molecule has 0 saturated heterocycles. The van der Waals surface area contributed by atoms with Crippen LogP contribution in [0.15, 0.2) is 30.3 Å². The second-order valence-electron chi connectivity index (χ2n) is 5.99. The van der Waals surface area contributed by atoms with E-state index in [2.05, 4.69) is 14.8 Å². The largest absolute Gasteiger partial charge is 0.281 e. The lowest BCUT2D eigenvalue weighted by molar-refractivity contribution is 0.600. The van der Waals surface area contributed by atoms with Gasteiger partial charge in [0.25, 0.3) is 0 Å². The van der Waals surface area contributed by atoms with Crippen LogP contribution in [0.3, 0.4) is 0 Å². The summed E-state index contributed by atoms with van der Waals surface area (Å²) in [6, 6.07) is 9.27. The first-order valence-electron chi connectivity index (χ1n) is 7.63. The standard InChI is InChI=1S/C17H20N4O2S/c1-11-7-5-6-8-14(11)10-24(22,23)20-16-9-15-12(2)19-21(4)17(15)18-13(16)3/h5-9,20H,10H2,1-4H3. The van der Waals surface area contributed by atoms with Crippen LogP contribution in [0.4, 0.5) is 5.69 Å². The Labute approximate surface area is 141 Å². The van der Waals surface area contributed by atoms with Crippen molar-refractivity contribution in [2.75, 3.05) is 4.72 Å². The van der Waals surface area contributed by atoms with Crippen molar-refractivity contribution in [2.45, 2.75) is 26.5 Å². The van der Waals surface area contributed by atoms with Crippen LogP contribution in [0.5, 0.6) is 0 Å². The molecule has 2 aromatic heterocycles. The van der Waals surface area contributed by atoms with Crippen molar-refractivity contribution in [3.8, 4) is 0 Å². The Morgan fingerprint density at radius 1 is 1.12 bits per heavy atom. The smallest absolute Gasteiger partial charge is 0.236 e. The molecule has 0 saturated carbocycles. The predicted octanol–water partition coefficient (Wildman–Crippen LogP) is 2.84. The zero-order valence-corrected chi connectivity index (χ0v) is 15.0. The van der Waals surface area contributed by atoms with Crippen molar-refractivity contribution >= 4 is 26.7 Å². The molecule has 6 nitrogen and oxygen atoms in total. The number of pyridine rings is 1. The monoisotopic (exact) mass is 344 g/mol. The maximum Gasteiger partial charge on any atom is 0.236 e. The number of benzene rings is 1. The molecule has 0 atom stereocenters. The number of nitrogens with zero attached hydrogens (tertiary/aromatic N) is 3. The fraction of sp³-hybridized carbons (Fsp3) is 0.294. The maximum absolute atomic E-state index is 12.5. The minimum atomic E-state index is -3.52. The molecule has 2 heterocycles. The van der Waals surface area contributed by atoms with Gasteiger partial charge in [-0.15, -0.1) is 0 Å². The molecule has 7 heteroatoms. The summed E-state index contributed by atoms with van der Waals surface area (Å²) in [6.07, 6.45) is 0. The molecular formula is C17H20N4O2S. The molecule has 0 aliphatic rings. The zero-order valence-electron chi connectivity index (χ0n) is 14.2. The normalized spacial score (nSPS) is 11.8. The Bertz CT molecular complexity index is 1020. The van der Waals surface area contributed by atoms with E-state index in [1.165, 1.54) is 0 Å². The highest BCUT2D eigenvalue weighted by Gasteiger charge is 2.17. The van der Waals surface area contributed by atoms with Gasteiger partial charge in [0.05, 0.1) is 22.8 Å². The highest BCUT2D eigenvalue weighted by Crippen LogP contribution is 2.24. The number of aryl methyl sites for hydroxylation is 4. The molecule has 0 aliphatic heterocycles. The number of anilines is 1. The third-order valence-corrected chi connectivity index (χ3v) is 5.28. The number of nitrogens with one attached hydrogen (secondary N) is 1. The van der Waals surface area contributed by atoms with Crippen molar-refractivity contribution < 1.29 is 8.42 Å². The fourth-order valence-corrected chi connectivity index (χ4v) is 4.06. The Kier molecular flexibility index (Phi) is 4.04. The quantitative estimate of drug-likeness (QED) is 0.789. The third kappa shape index (κ3) is 3.12. The van der Waals surface area contributed by atoms with Gasteiger partial charge in [0, 0.05) is 12.4 Å². The van der Waals surface area contributed by atoms with Crippen molar-refractivity contribution in [1.82, 2.24) is 14.8 Å². The number of sulfonamides is 1. The van der Waals surface area contributed by atoms with Crippen LogP contribution in [-0.4, -0.2) is 23.2 Å². The molecule has 0 spiro atoms. The average molecular weight is 344 g/mol. The van der Waals surface area contributed by atoms with E-state index in [9.17, 15) is 8.42 Å². The Hall–Kier alpha value is -2.41. The van der Waals surface area contributed by atoms with Crippen LogP contribution in [0.2, 0.25) is 0 Å². The molecule has 0 amide bonds. The van der Waals surface area contributed by atoms with Gasteiger partial charge in [-0.25, -0.2) is 13.4 Å². The lowest BCUT2D eigenvalue weighted by atomic mass is 10.1. The minimum absolute atomic E-state index is 0.0663. The highest BCUT2D eigenvalue weighted by molar-refractivity contribution is 7.91. The van der Waals surface area contributed by atoms with Crippen molar-refractivity contribution in [3.05, 3.63) is 52.8 Å². The molecule has 0 bridgehead atoms. The van der Waals surface area contributed by atoms with E-state index < -0.39 is 10.0 Å². The summed E-state index contributed by atoms with van der Waals surface area (Å²) in [6.45, 7) is 5.57. The van der Waals surface area contributed by atoms with Crippen molar-refractivity contribution in [3.63, 3.8) is 0 Å². The van der Waals surface area contributed by atoms with E-state index in [1.807, 2.05) is 45.2 Å². The average Bonchev–Trinajstić information content (AvgIpc) is 2.76. The first-order chi connectivity index (χ1) is 11.3. The predicted molar refractivity (Wildman–Crippen MR) is 95.4 cm³/mol. The lowest BCUT2D eigenvalue weighted by Gasteiger charge is -2.12. The molecule has 1 N–H and O–H groups in total. The van der Waals surface area contributed by atoms with Crippen LogP contribution >= 0.6 is 0 Å². The van der Waals surface area contributed by atoms with E-state index in [-0.39, 0.29) is 5.75 Å². The Balaban J connectivity index is 1.95. The van der Waals surface area contributed by atoms with E-state index in [4.69, 9.17) is 0 Å². The number of aromatic nitrogens is 3. The van der Waals surface area contributed by atoms with Gasteiger partial charge in [0.1, 0.15) is 0 Å². The third-order valence-electron chi connectivity index (χ3n) is 4.06. The van der Waals surface area contributed by atoms with Crippen LogP contribution in [0.25, 0.3) is 11.0 Å². The number of rotatable bonds is 4. The van der Waals surface area contributed by atoms with Gasteiger partial charge >= 0.3 is 0 Å². The van der Waals surface area contributed by atoms with Crippen LogP contribution in [-0.2, 0) is 22.8 Å². The fourth-order valence-electron chi connectivity index (χ4n) is 2.72. The zero-order chi connectivity index (χ0) is 17.5. The second-order valence-corrected chi connectivity index (χ2v) is 7.71. The Morgan fingerprint density at radius 3 is 2.54 bits per heavy atom. The van der Waals surface area contributed by atoms with E-state index >= 15 is 0 Å². The van der Waals surface area contributed by atoms with E-state index in [0.717, 1.165) is 27.9 Å². The molecule has 3 aromatic rings. The Morgan fingerprint density at radius 2 is 1.83 bits per heavy atom. The lowest BCUT2D eigenvalue weighted by Crippen LogP contribution is -2.16. The molecule has 0 fully saturated rings. The molecular weight excluding hydrogens is 324 g/mol. The summed E-state index contributed by atoms with van der Waals surface area (Å²) in [5, 5.41) is 5.17.